The molecular weight excluding hydrogens is 305 g/mol. The minimum atomic E-state index is -4.32. The van der Waals surface area contributed by atoms with Crippen LogP contribution in [0.1, 0.15) is 6.42 Å². The van der Waals surface area contributed by atoms with Crippen molar-refractivity contribution < 1.29 is 22.7 Å². The van der Waals surface area contributed by atoms with Crippen LogP contribution in [0.5, 0.6) is 0 Å². The zero-order valence-electron chi connectivity index (χ0n) is 11.1. The van der Waals surface area contributed by atoms with Crippen LogP contribution >= 0.6 is 11.8 Å². The normalized spacial score (nSPS) is 10.8. The molecule has 2 amide bonds. The molecule has 116 valence electrons. The van der Waals surface area contributed by atoms with Gasteiger partial charge in [-0.3, -0.25) is 0 Å². The Morgan fingerprint density at radius 2 is 2.00 bits per heavy atom. The van der Waals surface area contributed by atoms with Crippen molar-refractivity contribution in [3.63, 3.8) is 0 Å². The summed E-state index contributed by atoms with van der Waals surface area (Å²) in [6.45, 7) is 4.25. The first-order valence-electron chi connectivity index (χ1n) is 6.04. The summed E-state index contributed by atoms with van der Waals surface area (Å²) in [6.07, 6.45) is 1.95. The van der Waals surface area contributed by atoms with Gasteiger partial charge in [-0.15, -0.1) is 0 Å². The molecule has 0 bridgehead atoms. The van der Waals surface area contributed by atoms with E-state index in [9.17, 15) is 18.0 Å². The van der Waals surface area contributed by atoms with Crippen molar-refractivity contribution in [2.45, 2.75) is 16.8 Å². The van der Waals surface area contributed by atoms with E-state index in [-0.39, 0.29) is 16.7 Å². The number of carbonyl (C=O) groups excluding carboxylic acids is 1. The Bertz CT molecular complexity index is 463. The van der Waals surface area contributed by atoms with Gasteiger partial charge in [-0.2, -0.15) is 13.2 Å². The molecule has 4 nitrogen and oxygen atoms in total. The van der Waals surface area contributed by atoms with Crippen molar-refractivity contribution in [3.05, 3.63) is 37.1 Å². The fourth-order valence-electron chi connectivity index (χ4n) is 1.36. The lowest BCUT2D eigenvalue weighted by Crippen LogP contribution is -2.29. The number of nitrogens with one attached hydrogen (secondary N) is 2. The molecule has 0 unspecified atom stereocenters. The van der Waals surface area contributed by atoms with Gasteiger partial charge in [0.2, 0.25) is 0 Å². The van der Waals surface area contributed by atoms with E-state index in [1.165, 1.54) is 30.5 Å². The number of carbonyl (C=O) groups is 1. The molecule has 0 aliphatic rings. The van der Waals surface area contributed by atoms with E-state index in [2.05, 4.69) is 17.2 Å². The molecule has 0 aliphatic carbocycles. The molecule has 21 heavy (non-hydrogen) atoms. The van der Waals surface area contributed by atoms with E-state index in [1.807, 2.05) is 0 Å². The van der Waals surface area contributed by atoms with Gasteiger partial charge in [-0.05, 0) is 42.4 Å². The third kappa shape index (κ3) is 8.13. The number of amides is 2. The first-order chi connectivity index (χ1) is 9.90. The van der Waals surface area contributed by atoms with Crippen LogP contribution in [0.4, 0.5) is 23.7 Å². The molecule has 0 saturated carbocycles. The maximum atomic E-state index is 12.1. The second kappa shape index (κ2) is 8.46. The van der Waals surface area contributed by atoms with E-state index < -0.39 is 11.5 Å². The monoisotopic (exact) mass is 320 g/mol. The Balaban J connectivity index is 2.34. The Labute approximate surface area is 124 Å². The smallest absolute Gasteiger partial charge is 0.446 e. The number of thioether (sulfide) groups is 1. The predicted molar refractivity (Wildman–Crippen MR) is 76.1 cm³/mol. The van der Waals surface area contributed by atoms with Gasteiger partial charge in [0.25, 0.3) is 0 Å². The second-order valence-electron chi connectivity index (χ2n) is 3.84. The van der Waals surface area contributed by atoms with Gasteiger partial charge in [0.1, 0.15) is 0 Å². The summed E-state index contributed by atoms with van der Waals surface area (Å²) in [4.78, 5) is 11.6. The standard InChI is InChI=1S/C13H15F3N2O2S/c1-2-20-9-3-8-17-12(19)18-10-4-6-11(7-5-10)21-13(14,15)16/h2,4-7H,1,3,8-9H2,(H2,17,18,19). The summed E-state index contributed by atoms with van der Waals surface area (Å²) in [5, 5.41) is 5.11. The van der Waals surface area contributed by atoms with E-state index >= 15 is 0 Å². The summed E-state index contributed by atoms with van der Waals surface area (Å²) in [7, 11) is 0. The average Bonchev–Trinajstić information content (AvgIpc) is 2.39. The van der Waals surface area contributed by atoms with Crippen molar-refractivity contribution in [1.29, 1.82) is 0 Å². The van der Waals surface area contributed by atoms with Crippen molar-refractivity contribution in [2.75, 3.05) is 18.5 Å². The molecule has 0 aromatic heterocycles. The van der Waals surface area contributed by atoms with Crippen LogP contribution in [0.2, 0.25) is 0 Å². The average molecular weight is 320 g/mol. The molecule has 1 aromatic carbocycles. The Morgan fingerprint density at radius 1 is 1.33 bits per heavy atom. The lowest BCUT2D eigenvalue weighted by Gasteiger charge is -2.09. The molecule has 1 aromatic rings. The SMILES string of the molecule is C=COCCCNC(=O)Nc1ccc(SC(F)(F)F)cc1. The fraction of sp³-hybridized carbons (Fsp3) is 0.308. The zero-order chi connectivity index (χ0) is 15.7. The predicted octanol–water partition coefficient (Wildman–Crippen LogP) is 3.97. The molecule has 0 saturated heterocycles. The summed E-state index contributed by atoms with van der Waals surface area (Å²) >= 11 is -0.200. The first-order valence-corrected chi connectivity index (χ1v) is 6.85. The molecule has 0 radical (unpaired) electrons. The number of halogens is 3. The molecule has 0 spiro atoms. The molecule has 1 rings (SSSR count). The summed E-state index contributed by atoms with van der Waals surface area (Å²) in [6, 6.07) is 4.99. The minimum Gasteiger partial charge on any atom is -0.502 e. The highest BCUT2D eigenvalue weighted by molar-refractivity contribution is 8.00. The Kier molecular flexibility index (Phi) is 6.93. The van der Waals surface area contributed by atoms with Gasteiger partial charge in [0, 0.05) is 17.1 Å². The van der Waals surface area contributed by atoms with Crippen LogP contribution in [-0.2, 0) is 4.74 Å². The summed E-state index contributed by atoms with van der Waals surface area (Å²) in [5.74, 6) is 0. The highest BCUT2D eigenvalue weighted by Gasteiger charge is 2.28. The number of hydrogen-bond acceptors (Lipinski definition) is 3. The largest absolute Gasteiger partial charge is 0.502 e. The number of rotatable bonds is 7. The van der Waals surface area contributed by atoms with E-state index in [1.54, 1.807) is 0 Å². The zero-order valence-corrected chi connectivity index (χ0v) is 11.9. The van der Waals surface area contributed by atoms with Crippen LogP contribution in [0.25, 0.3) is 0 Å². The van der Waals surface area contributed by atoms with Gasteiger partial charge < -0.3 is 15.4 Å². The Morgan fingerprint density at radius 3 is 2.57 bits per heavy atom. The van der Waals surface area contributed by atoms with E-state index in [0.29, 0.717) is 25.3 Å². The lowest BCUT2D eigenvalue weighted by atomic mass is 10.3. The number of hydrogen-bond donors (Lipinski definition) is 2. The molecule has 0 heterocycles. The van der Waals surface area contributed by atoms with Crippen molar-refractivity contribution in [1.82, 2.24) is 5.32 Å². The van der Waals surface area contributed by atoms with Gasteiger partial charge in [0.05, 0.1) is 12.9 Å². The third-order valence-corrected chi connectivity index (χ3v) is 2.93. The maximum absolute atomic E-state index is 12.1. The molecular formula is C13H15F3N2O2S. The van der Waals surface area contributed by atoms with Crippen LogP contribution in [0, 0.1) is 0 Å². The highest BCUT2D eigenvalue weighted by atomic mass is 32.2. The number of anilines is 1. The molecule has 0 atom stereocenters. The first kappa shape index (κ1) is 17.2. The van der Waals surface area contributed by atoms with Gasteiger partial charge in [-0.1, -0.05) is 6.58 Å². The summed E-state index contributed by atoms with van der Waals surface area (Å²) in [5.41, 5.74) is -3.90. The summed E-state index contributed by atoms with van der Waals surface area (Å²) < 4.78 is 41.3. The quantitative estimate of drug-likeness (QED) is 0.454. The topological polar surface area (TPSA) is 50.4 Å². The van der Waals surface area contributed by atoms with Crippen molar-refractivity contribution >= 4 is 23.5 Å². The van der Waals surface area contributed by atoms with Crippen LogP contribution < -0.4 is 10.6 Å². The second-order valence-corrected chi connectivity index (χ2v) is 4.98. The molecule has 0 aliphatic heterocycles. The van der Waals surface area contributed by atoms with E-state index in [0.717, 1.165) is 0 Å². The van der Waals surface area contributed by atoms with Gasteiger partial charge >= 0.3 is 11.5 Å². The van der Waals surface area contributed by atoms with Crippen molar-refractivity contribution in [3.8, 4) is 0 Å². The van der Waals surface area contributed by atoms with Crippen LogP contribution in [-0.4, -0.2) is 24.7 Å². The maximum Gasteiger partial charge on any atom is 0.446 e. The number of alkyl halides is 3. The number of ether oxygens (including phenoxy) is 1. The molecule has 8 heteroatoms. The fourth-order valence-corrected chi connectivity index (χ4v) is 1.90. The Hall–Kier alpha value is -1.83. The third-order valence-electron chi connectivity index (χ3n) is 2.19. The van der Waals surface area contributed by atoms with Crippen molar-refractivity contribution in [2.24, 2.45) is 0 Å². The minimum absolute atomic E-state index is 0.0648. The highest BCUT2D eigenvalue weighted by Crippen LogP contribution is 2.36. The van der Waals surface area contributed by atoms with Crippen LogP contribution in [0.3, 0.4) is 0 Å². The van der Waals surface area contributed by atoms with E-state index in [4.69, 9.17) is 4.74 Å². The van der Waals surface area contributed by atoms with Gasteiger partial charge in [-0.25, -0.2) is 4.79 Å². The van der Waals surface area contributed by atoms with Crippen LogP contribution in [0.15, 0.2) is 42.0 Å². The molecule has 2 N–H and O–H groups in total. The lowest BCUT2D eigenvalue weighted by molar-refractivity contribution is -0.0328. The number of urea groups is 1. The number of benzene rings is 1. The van der Waals surface area contributed by atoms with Gasteiger partial charge in [0.15, 0.2) is 0 Å². The molecule has 0 fully saturated rings.